The molecule has 1 aliphatic rings. The van der Waals surface area contributed by atoms with E-state index in [-0.39, 0.29) is 5.56 Å². The van der Waals surface area contributed by atoms with Gasteiger partial charge in [0.15, 0.2) is 0 Å². The molecule has 1 fully saturated rings. The van der Waals surface area contributed by atoms with E-state index in [0.717, 1.165) is 30.1 Å². The number of aromatic nitrogens is 3. The molecular weight excluding hydrogens is 236 g/mol. The van der Waals surface area contributed by atoms with Crippen LogP contribution in [0, 0.1) is 0 Å². The molecular formula is C11H14N4OS. The number of hydrogen-bond donors (Lipinski definition) is 1. The molecule has 0 saturated carbocycles. The van der Waals surface area contributed by atoms with Gasteiger partial charge in [-0.3, -0.25) is 4.79 Å². The molecule has 0 radical (unpaired) electrons. The molecule has 0 spiro atoms. The minimum atomic E-state index is -0.0765. The molecule has 0 bridgehead atoms. The van der Waals surface area contributed by atoms with Crippen LogP contribution in [-0.2, 0) is 6.42 Å². The second-order valence-corrected chi connectivity index (χ2v) is 5.21. The third-order valence-corrected chi connectivity index (χ3v) is 4.06. The average molecular weight is 250 g/mol. The van der Waals surface area contributed by atoms with Crippen LogP contribution in [0.2, 0.25) is 0 Å². The molecule has 5 nitrogen and oxygen atoms in total. The maximum Gasteiger partial charge on any atom is 0.275 e. The first-order chi connectivity index (χ1) is 8.28. The Bertz CT molecular complexity index is 597. The highest BCUT2D eigenvalue weighted by Gasteiger charge is 2.21. The van der Waals surface area contributed by atoms with Crippen LogP contribution in [-0.4, -0.2) is 21.1 Å². The minimum absolute atomic E-state index is 0.0765. The van der Waals surface area contributed by atoms with Gasteiger partial charge in [-0.1, -0.05) is 18.3 Å². The Kier molecular flexibility index (Phi) is 2.68. The fourth-order valence-corrected chi connectivity index (χ4v) is 3.12. The van der Waals surface area contributed by atoms with E-state index in [1.165, 1.54) is 22.3 Å². The average Bonchev–Trinajstić information content (AvgIpc) is 2.96. The maximum atomic E-state index is 11.8. The lowest BCUT2D eigenvalue weighted by Crippen LogP contribution is -2.17. The largest absolute Gasteiger partial charge is 0.308 e. The quantitative estimate of drug-likeness (QED) is 0.868. The van der Waals surface area contributed by atoms with Crippen molar-refractivity contribution < 1.29 is 0 Å². The first kappa shape index (κ1) is 10.9. The van der Waals surface area contributed by atoms with Gasteiger partial charge in [-0.2, -0.15) is 9.61 Å². The fraction of sp³-hybridized carbons (Fsp3) is 0.545. The standard InChI is InChI=1S/C11H14N4OS/c1-2-7-6-9(16)15-11(13-7)17-10(14-15)8-4-3-5-12-8/h6,8,12H,2-5H2,1H3/t8-/m1/s1. The lowest BCUT2D eigenvalue weighted by Gasteiger charge is -2.02. The van der Waals surface area contributed by atoms with Crippen molar-refractivity contribution in [3.8, 4) is 0 Å². The third kappa shape index (κ3) is 1.87. The normalized spacial score (nSPS) is 20.2. The highest BCUT2D eigenvalue weighted by atomic mass is 32.1. The summed E-state index contributed by atoms with van der Waals surface area (Å²) in [7, 11) is 0. The van der Waals surface area contributed by atoms with Gasteiger partial charge in [0.1, 0.15) is 5.01 Å². The summed E-state index contributed by atoms with van der Waals surface area (Å²) in [4.78, 5) is 17.0. The van der Waals surface area contributed by atoms with Gasteiger partial charge in [0.25, 0.3) is 5.56 Å². The summed E-state index contributed by atoms with van der Waals surface area (Å²) >= 11 is 1.52. The number of nitrogens with zero attached hydrogens (tertiary/aromatic N) is 3. The number of hydrogen-bond acceptors (Lipinski definition) is 5. The zero-order valence-corrected chi connectivity index (χ0v) is 10.5. The first-order valence-electron chi connectivity index (χ1n) is 5.91. The van der Waals surface area contributed by atoms with E-state index in [9.17, 15) is 4.79 Å². The predicted octanol–water partition coefficient (Wildman–Crippen LogP) is 1.14. The van der Waals surface area contributed by atoms with Crippen LogP contribution in [0.3, 0.4) is 0 Å². The Morgan fingerprint density at radius 3 is 3.24 bits per heavy atom. The van der Waals surface area contributed by atoms with E-state index >= 15 is 0 Å². The summed E-state index contributed by atoms with van der Waals surface area (Å²) in [6.07, 6.45) is 3.04. The van der Waals surface area contributed by atoms with E-state index in [2.05, 4.69) is 15.4 Å². The SMILES string of the molecule is CCc1cc(=O)n2nc([C@H]3CCCN3)sc2n1. The van der Waals surface area contributed by atoms with E-state index in [0.29, 0.717) is 11.0 Å². The Labute approximate surface area is 103 Å². The van der Waals surface area contributed by atoms with Crippen molar-refractivity contribution in [2.45, 2.75) is 32.2 Å². The Hall–Kier alpha value is -1.27. The monoisotopic (exact) mass is 250 g/mol. The van der Waals surface area contributed by atoms with Gasteiger partial charge < -0.3 is 5.32 Å². The molecule has 0 aromatic carbocycles. The highest BCUT2D eigenvalue weighted by molar-refractivity contribution is 7.16. The molecule has 1 N–H and O–H groups in total. The molecule has 2 aromatic rings. The number of nitrogens with one attached hydrogen (secondary N) is 1. The van der Waals surface area contributed by atoms with Gasteiger partial charge in [-0.05, 0) is 25.8 Å². The van der Waals surface area contributed by atoms with Crippen molar-refractivity contribution in [1.82, 2.24) is 19.9 Å². The molecule has 17 heavy (non-hydrogen) atoms. The molecule has 0 aliphatic carbocycles. The predicted molar refractivity (Wildman–Crippen MR) is 66.5 cm³/mol. The summed E-state index contributed by atoms with van der Waals surface area (Å²) in [5.41, 5.74) is 0.761. The van der Waals surface area contributed by atoms with Gasteiger partial charge in [-0.15, -0.1) is 0 Å². The summed E-state index contributed by atoms with van der Waals surface area (Å²) in [6.45, 7) is 3.03. The Morgan fingerprint density at radius 2 is 2.53 bits per heavy atom. The lowest BCUT2D eigenvalue weighted by molar-refractivity contribution is 0.627. The van der Waals surface area contributed by atoms with Gasteiger partial charge in [0.2, 0.25) is 4.96 Å². The van der Waals surface area contributed by atoms with Crippen LogP contribution in [0.4, 0.5) is 0 Å². The van der Waals surface area contributed by atoms with Crippen molar-refractivity contribution in [2.75, 3.05) is 6.54 Å². The van der Waals surface area contributed by atoms with Crippen LogP contribution < -0.4 is 10.9 Å². The highest BCUT2D eigenvalue weighted by Crippen LogP contribution is 2.26. The molecule has 90 valence electrons. The van der Waals surface area contributed by atoms with Gasteiger partial charge in [-0.25, -0.2) is 4.98 Å². The van der Waals surface area contributed by atoms with E-state index in [1.54, 1.807) is 6.07 Å². The molecule has 0 unspecified atom stereocenters. The summed E-state index contributed by atoms with van der Waals surface area (Å²) < 4.78 is 1.42. The Balaban J connectivity index is 2.11. The number of aryl methyl sites for hydroxylation is 1. The van der Waals surface area contributed by atoms with Crippen molar-refractivity contribution in [3.63, 3.8) is 0 Å². The third-order valence-electron chi connectivity index (χ3n) is 3.03. The van der Waals surface area contributed by atoms with Gasteiger partial charge >= 0.3 is 0 Å². The topological polar surface area (TPSA) is 59.3 Å². The molecule has 1 aliphatic heterocycles. The summed E-state index contributed by atoms with van der Waals surface area (Å²) in [6, 6.07) is 1.87. The zero-order chi connectivity index (χ0) is 11.8. The van der Waals surface area contributed by atoms with Crippen molar-refractivity contribution in [2.24, 2.45) is 0 Å². The molecule has 3 rings (SSSR count). The maximum absolute atomic E-state index is 11.8. The van der Waals surface area contributed by atoms with Crippen molar-refractivity contribution >= 4 is 16.3 Å². The van der Waals surface area contributed by atoms with Crippen LogP contribution >= 0.6 is 11.3 Å². The molecule has 1 saturated heterocycles. The molecule has 3 heterocycles. The van der Waals surface area contributed by atoms with E-state index in [1.807, 2.05) is 6.92 Å². The van der Waals surface area contributed by atoms with Gasteiger partial charge in [0, 0.05) is 11.8 Å². The second kappa shape index (κ2) is 4.19. The smallest absolute Gasteiger partial charge is 0.275 e. The van der Waals surface area contributed by atoms with Crippen LogP contribution in [0.5, 0.6) is 0 Å². The lowest BCUT2D eigenvalue weighted by atomic mass is 10.2. The molecule has 6 heteroatoms. The van der Waals surface area contributed by atoms with E-state index < -0.39 is 0 Å². The second-order valence-electron chi connectivity index (χ2n) is 4.22. The summed E-state index contributed by atoms with van der Waals surface area (Å²) in [5, 5.41) is 8.73. The minimum Gasteiger partial charge on any atom is -0.308 e. The molecule has 2 aromatic heterocycles. The first-order valence-corrected chi connectivity index (χ1v) is 6.72. The zero-order valence-electron chi connectivity index (χ0n) is 9.64. The number of fused-ring (bicyclic) bond motifs is 1. The molecule has 0 amide bonds. The van der Waals surface area contributed by atoms with E-state index in [4.69, 9.17) is 0 Å². The fourth-order valence-electron chi connectivity index (χ4n) is 2.09. The van der Waals surface area contributed by atoms with Crippen LogP contribution in [0.25, 0.3) is 4.96 Å². The van der Waals surface area contributed by atoms with Crippen molar-refractivity contribution in [1.29, 1.82) is 0 Å². The number of rotatable bonds is 2. The Morgan fingerprint density at radius 1 is 1.65 bits per heavy atom. The van der Waals surface area contributed by atoms with Crippen LogP contribution in [0.1, 0.15) is 36.5 Å². The summed E-state index contributed by atoms with van der Waals surface area (Å²) in [5.74, 6) is 0. The molecule has 1 atom stereocenters. The van der Waals surface area contributed by atoms with Crippen LogP contribution in [0.15, 0.2) is 10.9 Å². The van der Waals surface area contributed by atoms with Gasteiger partial charge in [0.05, 0.1) is 6.04 Å². The van der Waals surface area contributed by atoms with Crippen molar-refractivity contribution in [3.05, 3.63) is 27.1 Å².